The van der Waals surface area contributed by atoms with Crippen LogP contribution in [0.1, 0.15) is 38.1 Å². The number of aliphatic hydroxyl groups excluding tert-OH is 1. The van der Waals surface area contributed by atoms with Crippen LogP contribution < -0.4 is 0 Å². The Balaban J connectivity index is 2.30. The lowest BCUT2D eigenvalue weighted by atomic mass is 10.1. The third-order valence-corrected chi connectivity index (χ3v) is 2.78. The normalized spacial score (nSPS) is 17.9. The summed E-state index contributed by atoms with van der Waals surface area (Å²) in [6.07, 6.45) is -0.798. The van der Waals surface area contributed by atoms with E-state index in [-0.39, 0.29) is 0 Å². The summed E-state index contributed by atoms with van der Waals surface area (Å²) in [7, 11) is 0. The second-order valence-corrected chi connectivity index (χ2v) is 5.67. The summed E-state index contributed by atoms with van der Waals surface area (Å²) in [4.78, 5) is 16.9. The van der Waals surface area contributed by atoms with Crippen LogP contribution in [0.5, 0.6) is 0 Å². The van der Waals surface area contributed by atoms with Gasteiger partial charge in [0.15, 0.2) is 6.23 Å². The Labute approximate surface area is 116 Å². The van der Waals surface area contributed by atoms with Gasteiger partial charge >= 0.3 is 6.09 Å². The van der Waals surface area contributed by atoms with Crippen LogP contribution in [-0.4, -0.2) is 28.0 Å². The molecule has 1 N–H and O–H groups in total. The molecule has 5 nitrogen and oxygen atoms in total. The second kappa shape index (κ2) is 4.86. The zero-order valence-electron chi connectivity index (χ0n) is 11.8. The van der Waals surface area contributed by atoms with E-state index in [4.69, 9.17) is 4.74 Å². The molecule has 108 valence electrons. The summed E-state index contributed by atoms with van der Waals surface area (Å²) in [5.74, 6) is -0.404. The van der Waals surface area contributed by atoms with E-state index in [1.807, 2.05) is 0 Å². The first-order valence-corrected chi connectivity index (χ1v) is 6.22. The molecule has 0 bridgehead atoms. The molecule has 1 aromatic rings. The maximum atomic E-state index is 13.5. The maximum Gasteiger partial charge on any atom is 0.417 e. The quantitative estimate of drug-likeness (QED) is 0.794. The number of aryl methyl sites for hydroxylation is 1. The molecule has 1 aliphatic heterocycles. The summed E-state index contributed by atoms with van der Waals surface area (Å²) in [6.45, 7) is 6.77. The van der Waals surface area contributed by atoms with Gasteiger partial charge in [0.1, 0.15) is 17.8 Å². The minimum atomic E-state index is -1.24. The van der Waals surface area contributed by atoms with E-state index in [0.717, 1.165) is 11.2 Å². The van der Waals surface area contributed by atoms with Gasteiger partial charge in [-0.1, -0.05) is 0 Å². The molecule has 2 rings (SSSR count). The molecule has 1 aromatic carbocycles. The van der Waals surface area contributed by atoms with Gasteiger partial charge in [-0.3, -0.25) is 0 Å². The Morgan fingerprint density at radius 1 is 1.45 bits per heavy atom. The lowest BCUT2D eigenvalue weighted by molar-refractivity contribution is -0.00269. The monoisotopic (exact) mass is 280 g/mol. The molecule has 20 heavy (non-hydrogen) atoms. The van der Waals surface area contributed by atoms with E-state index in [9.17, 15) is 14.3 Å². The molecule has 0 saturated carbocycles. The van der Waals surface area contributed by atoms with Crippen molar-refractivity contribution in [3.05, 3.63) is 29.1 Å². The summed E-state index contributed by atoms with van der Waals surface area (Å²) < 4.78 is 18.6. The zero-order valence-corrected chi connectivity index (χ0v) is 11.8. The highest BCUT2D eigenvalue weighted by Gasteiger charge is 2.31. The van der Waals surface area contributed by atoms with Crippen molar-refractivity contribution in [1.82, 2.24) is 4.90 Å². The van der Waals surface area contributed by atoms with Gasteiger partial charge in [0.2, 0.25) is 0 Å². The second-order valence-electron chi connectivity index (χ2n) is 5.67. The molecular weight excluding hydrogens is 263 g/mol. The Bertz CT molecular complexity index is 579. The number of rotatable bonds is 0. The Kier molecular flexibility index (Phi) is 3.52. The number of carbonyl (C=O) groups excluding carboxylic acids is 1. The molecule has 0 fully saturated rings. The summed E-state index contributed by atoms with van der Waals surface area (Å²) in [5.41, 5.74) is 0.380. The van der Waals surface area contributed by atoms with Crippen LogP contribution in [0.2, 0.25) is 0 Å². The topological polar surface area (TPSA) is 62.1 Å². The van der Waals surface area contributed by atoms with E-state index in [1.165, 1.54) is 12.1 Å². The number of nitrogens with zero attached hydrogens (tertiary/aromatic N) is 2. The first-order chi connectivity index (χ1) is 9.19. The summed E-state index contributed by atoms with van der Waals surface area (Å²) >= 11 is 0. The fourth-order valence-corrected chi connectivity index (χ4v) is 1.81. The predicted molar refractivity (Wildman–Crippen MR) is 72.3 cm³/mol. The van der Waals surface area contributed by atoms with Crippen molar-refractivity contribution in [3.8, 4) is 0 Å². The number of fused-ring (bicyclic) bond motifs is 1. The highest BCUT2D eigenvalue weighted by atomic mass is 19.1. The lowest BCUT2D eigenvalue weighted by Gasteiger charge is -2.30. The van der Waals surface area contributed by atoms with Crippen LogP contribution in [-0.2, 0) is 4.74 Å². The molecule has 1 aliphatic rings. The van der Waals surface area contributed by atoms with E-state index >= 15 is 0 Å². The van der Waals surface area contributed by atoms with Gasteiger partial charge in [-0.05, 0) is 39.3 Å². The number of aliphatic hydroxyl groups is 1. The minimum absolute atomic E-state index is 0.306. The minimum Gasteiger partial charge on any atom is -0.443 e. The van der Waals surface area contributed by atoms with Crippen LogP contribution in [0.15, 0.2) is 17.1 Å². The van der Waals surface area contributed by atoms with Crippen LogP contribution >= 0.6 is 0 Å². The van der Waals surface area contributed by atoms with Crippen molar-refractivity contribution >= 4 is 18.1 Å². The van der Waals surface area contributed by atoms with Gasteiger partial charge in [0.25, 0.3) is 0 Å². The Morgan fingerprint density at radius 2 is 2.10 bits per heavy atom. The molecule has 0 saturated heterocycles. The SMILES string of the molecule is Cc1cc2c(cc1F)N=CN(C(=O)OC(C)(C)C)C2O. The number of amides is 1. The molecule has 1 amide bonds. The average molecular weight is 280 g/mol. The van der Waals surface area contributed by atoms with Crippen LogP contribution in [0, 0.1) is 12.7 Å². The van der Waals surface area contributed by atoms with Gasteiger partial charge in [-0.15, -0.1) is 0 Å². The molecule has 1 heterocycles. The molecule has 1 unspecified atom stereocenters. The third kappa shape index (κ3) is 2.80. The number of halogens is 1. The van der Waals surface area contributed by atoms with Gasteiger partial charge < -0.3 is 9.84 Å². The number of benzene rings is 1. The number of carbonyl (C=O) groups is 1. The van der Waals surface area contributed by atoms with E-state index in [1.54, 1.807) is 27.7 Å². The van der Waals surface area contributed by atoms with Crippen molar-refractivity contribution in [3.63, 3.8) is 0 Å². The zero-order chi connectivity index (χ0) is 15.1. The average Bonchev–Trinajstić information content (AvgIpc) is 2.30. The number of hydrogen-bond donors (Lipinski definition) is 1. The lowest BCUT2D eigenvalue weighted by Crippen LogP contribution is -2.39. The van der Waals surface area contributed by atoms with E-state index in [2.05, 4.69) is 4.99 Å². The summed E-state index contributed by atoms with van der Waals surface area (Å²) in [6, 6.07) is 2.71. The largest absolute Gasteiger partial charge is 0.443 e. The highest BCUT2D eigenvalue weighted by molar-refractivity contribution is 5.86. The van der Waals surface area contributed by atoms with Crippen molar-refractivity contribution < 1.29 is 19.0 Å². The fourth-order valence-electron chi connectivity index (χ4n) is 1.81. The molecule has 0 radical (unpaired) electrons. The molecule has 1 atom stereocenters. The van der Waals surface area contributed by atoms with E-state index < -0.39 is 23.7 Å². The third-order valence-electron chi connectivity index (χ3n) is 2.78. The molecule has 0 spiro atoms. The standard InChI is InChI=1S/C14H17FN2O3/c1-8-5-9-11(6-10(8)15)16-7-17(12(9)18)13(19)20-14(2,3)4/h5-7,12,18H,1-4H3. The molecular formula is C14H17FN2O3. The van der Waals surface area contributed by atoms with Crippen LogP contribution in [0.4, 0.5) is 14.9 Å². The number of aliphatic imine (C=N–C) groups is 1. The van der Waals surface area contributed by atoms with Gasteiger partial charge in [-0.2, -0.15) is 0 Å². The van der Waals surface area contributed by atoms with Crippen molar-refractivity contribution in [2.45, 2.75) is 39.5 Å². The van der Waals surface area contributed by atoms with Crippen molar-refractivity contribution in [2.24, 2.45) is 4.99 Å². The summed E-state index contributed by atoms with van der Waals surface area (Å²) in [5, 5.41) is 10.2. The van der Waals surface area contributed by atoms with Crippen LogP contribution in [0.3, 0.4) is 0 Å². The van der Waals surface area contributed by atoms with Gasteiger partial charge in [-0.25, -0.2) is 19.1 Å². The van der Waals surface area contributed by atoms with Gasteiger partial charge in [0, 0.05) is 11.6 Å². The van der Waals surface area contributed by atoms with Gasteiger partial charge in [0.05, 0.1) is 5.69 Å². The Morgan fingerprint density at radius 3 is 2.70 bits per heavy atom. The van der Waals surface area contributed by atoms with Crippen LogP contribution in [0.25, 0.3) is 0 Å². The number of ether oxygens (including phenoxy) is 1. The maximum absolute atomic E-state index is 13.5. The van der Waals surface area contributed by atoms with E-state index in [0.29, 0.717) is 16.8 Å². The highest BCUT2D eigenvalue weighted by Crippen LogP contribution is 2.33. The number of hydrogen-bond acceptors (Lipinski definition) is 4. The van der Waals surface area contributed by atoms with Crippen molar-refractivity contribution in [1.29, 1.82) is 0 Å². The fraction of sp³-hybridized carbons (Fsp3) is 0.429. The molecule has 6 heteroatoms. The smallest absolute Gasteiger partial charge is 0.417 e. The first kappa shape index (κ1) is 14.5. The van der Waals surface area contributed by atoms with Crippen molar-refractivity contribution in [2.75, 3.05) is 0 Å². The first-order valence-electron chi connectivity index (χ1n) is 6.22. The predicted octanol–water partition coefficient (Wildman–Crippen LogP) is 3.04. The molecule has 0 aromatic heterocycles. The Hall–Kier alpha value is -1.95. The molecule has 0 aliphatic carbocycles.